The van der Waals surface area contributed by atoms with Crippen molar-refractivity contribution in [2.75, 3.05) is 20.1 Å². The molecule has 4 heterocycles. The zero-order valence-corrected chi connectivity index (χ0v) is 14.3. The van der Waals surface area contributed by atoms with Gasteiger partial charge in [-0.2, -0.15) is 0 Å². The summed E-state index contributed by atoms with van der Waals surface area (Å²) in [5, 5.41) is 14.6. The van der Waals surface area contributed by atoms with Crippen LogP contribution in [0.25, 0.3) is 0 Å². The summed E-state index contributed by atoms with van der Waals surface area (Å²) in [6.07, 6.45) is 4.23. The first-order valence-electron chi connectivity index (χ1n) is 8.65. The highest BCUT2D eigenvalue weighted by Crippen LogP contribution is 2.36. The van der Waals surface area contributed by atoms with Crippen LogP contribution in [0.15, 0.2) is 6.20 Å². The summed E-state index contributed by atoms with van der Waals surface area (Å²) in [6.45, 7) is 7.63. The second-order valence-corrected chi connectivity index (χ2v) is 7.17. The van der Waals surface area contributed by atoms with Gasteiger partial charge in [0.25, 0.3) is 0 Å². The molecule has 1 aromatic heterocycles. The molecule has 3 aliphatic heterocycles. The van der Waals surface area contributed by atoms with E-state index in [1.165, 1.54) is 0 Å². The molecule has 0 saturated carbocycles. The molecule has 0 aromatic carbocycles. The molecule has 4 rings (SSSR count). The molecule has 0 spiro atoms. The number of aromatic nitrogens is 3. The van der Waals surface area contributed by atoms with Crippen LogP contribution in [0.2, 0.25) is 0 Å². The van der Waals surface area contributed by atoms with Gasteiger partial charge in [-0.25, -0.2) is 0 Å². The molecule has 1 amide bonds. The number of hydrogen-bond acceptors (Lipinski definition) is 5. The maximum Gasteiger partial charge on any atom is 0.224 e. The number of fused-ring (bicyclic) bond motifs is 3. The molecule has 3 saturated heterocycles. The predicted octanol–water partition coefficient (Wildman–Crippen LogP) is 0.233. The third-order valence-corrected chi connectivity index (χ3v) is 4.99. The van der Waals surface area contributed by atoms with Crippen molar-refractivity contribution in [1.82, 2.24) is 30.5 Å². The van der Waals surface area contributed by atoms with Gasteiger partial charge in [0.1, 0.15) is 0 Å². The van der Waals surface area contributed by atoms with Gasteiger partial charge in [-0.15, -0.1) is 5.10 Å². The minimum Gasteiger partial charge on any atom is -0.354 e. The third kappa shape index (κ3) is 3.72. The highest BCUT2D eigenvalue weighted by atomic mass is 16.2. The lowest BCUT2D eigenvalue weighted by atomic mass is 9.75. The van der Waals surface area contributed by atoms with Crippen LogP contribution in [-0.4, -0.2) is 58.0 Å². The van der Waals surface area contributed by atoms with Gasteiger partial charge in [-0.3, -0.25) is 14.4 Å². The Bertz CT molecular complexity index is 542. The smallest absolute Gasteiger partial charge is 0.224 e. The van der Waals surface area contributed by atoms with Crippen LogP contribution in [0.3, 0.4) is 0 Å². The average Bonchev–Trinajstić information content (AvgIpc) is 2.95. The van der Waals surface area contributed by atoms with Crippen molar-refractivity contribution in [3.05, 3.63) is 11.9 Å². The van der Waals surface area contributed by atoms with Crippen molar-refractivity contribution in [2.24, 2.45) is 11.8 Å². The van der Waals surface area contributed by atoms with Crippen molar-refractivity contribution >= 4 is 5.91 Å². The summed E-state index contributed by atoms with van der Waals surface area (Å²) in [6, 6.07) is 0.690. The molecule has 128 valence electrons. The fraction of sp³-hybridized carbons (Fsp3) is 0.812. The van der Waals surface area contributed by atoms with Crippen LogP contribution in [0.1, 0.15) is 32.4 Å². The number of carbonyl (C=O) groups is 1. The Morgan fingerprint density at radius 3 is 2.96 bits per heavy atom. The molecule has 3 fully saturated rings. The van der Waals surface area contributed by atoms with Crippen LogP contribution in [0, 0.1) is 11.8 Å². The van der Waals surface area contributed by atoms with Gasteiger partial charge in [0.05, 0.1) is 18.2 Å². The molecule has 7 heteroatoms. The van der Waals surface area contributed by atoms with Gasteiger partial charge in [0, 0.05) is 31.4 Å². The molecule has 0 radical (unpaired) electrons. The van der Waals surface area contributed by atoms with Gasteiger partial charge >= 0.3 is 0 Å². The van der Waals surface area contributed by atoms with Crippen molar-refractivity contribution < 1.29 is 4.79 Å². The largest absolute Gasteiger partial charge is 0.354 e. The average molecular weight is 320 g/mol. The van der Waals surface area contributed by atoms with E-state index in [-0.39, 0.29) is 17.9 Å². The fourth-order valence-corrected chi connectivity index (χ4v) is 3.92. The van der Waals surface area contributed by atoms with Gasteiger partial charge in [0.2, 0.25) is 5.91 Å². The van der Waals surface area contributed by atoms with E-state index < -0.39 is 0 Å². The van der Waals surface area contributed by atoms with E-state index in [0.717, 1.165) is 44.7 Å². The Morgan fingerprint density at radius 1 is 1.48 bits per heavy atom. The number of carbonyl (C=O) groups excluding carboxylic acids is 1. The van der Waals surface area contributed by atoms with Crippen molar-refractivity contribution in [3.63, 3.8) is 0 Å². The number of nitrogens with zero attached hydrogens (tertiary/aromatic N) is 4. The van der Waals surface area contributed by atoms with Crippen molar-refractivity contribution in [2.45, 2.75) is 51.9 Å². The molecule has 23 heavy (non-hydrogen) atoms. The highest BCUT2D eigenvalue weighted by molar-refractivity contribution is 5.79. The molecule has 0 aliphatic carbocycles. The lowest BCUT2D eigenvalue weighted by Crippen LogP contribution is -2.58. The van der Waals surface area contributed by atoms with E-state index in [1.807, 2.05) is 31.8 Å². The van der Waals surface area contributed by atoms with Gasteiger partial charge in [-0.05, 0) is 46.2 Å². The quantitative estimate of drug-likeness (QED) is 0.785. The Hall–Kier alpha value is -1.47. The zero-order valence-electron chi connectivity index (χ0n) is 14.3. The number of rotatable bonds is 6. The molecule has 1 aromatic rings. The normalized spacial score (nSPS) is 29.9. The molecule has 2 bridgehead atoms. The summed E-state index contributed by atoms with van der Waals surface area (Å²) in [5.74, 6) is 0.882. The maximum absolute atomic E-state index is 12.4. The van der Waals surface area contributed by atoms with Crippen LogP contribution in [0.5, 0.6) is 0 Å². The predicted molar refractivity (Wildman–Crippen MR) is 87.6 cm³/mol. The maximum atomic E-state index is 12.4. The monoisotopic (exact) mass is 320 g/mol. The first-order valence-corrected chi connectivity index (χ1v) is 8.65. The second-order valence-electron chi connectivity index (χ2n) is 7.17. The summed E-state index contributed by atoms with van der Waals surface area (Å²) < 4.78 is 1.95. The van der Waals surface area contributed by atoms with Crippen LogP contribution in [0.4, 0.5) is 0 Å². The number of nitrogens with one attached hydrogen (secondary N) is 2. The topological polar surface area (TPSA) is 75.1 Å². The van der Waals surface area contributed by atoms with Gasteiger partial charge in [0.15, 0.2) is 0 Å². The third-order valence-electron chi connectivity index (χ3n) is 4.99. The van der Waals surface area contributed by atoms with E-state index in [2.05, 4.69) is 25.8 Å². The first kappa shape index (κ1) is 16.4. The van der Waals surface area contributed by atoms with Crippen LogP contribution < -0.4 is 10.6 Å². The minimum absolute atomic E-state index is 0.151. The Morgan fingerprint density at radius 2 is 2.30 bits per heavy atom. The lowest BCUT2D eigenvalue weighted by molar-refractivity contribution is -0.133. The van der Waals surface area contributed by atoms with Crippen molar-refractivity contribution in [3.8, 4) is 0 Å². The van der Waals surface area contributed by atoms with E-state index in [4.69, 9.17) is 0 Å². The molecule has 2 N–H and O–H groups in total. The lowest BCUT2D eigenvalue weighted by Gasteiger charge is -2.49. The van der Waals surface area contributed by atoms with E-state index in [9.17, 15) is 4.79 Å². The fourth-order valence-electron chi connectivity index (χ4n) is 3.92. The molecule has 3 aliphatic rings. The number of amides is 1. The van der Waals surface area contributed by atoms with Crippen LogP contribution >= 0.6 is 0 Å². The molecular formula is C16H28N6O. The van der Waals surface area contributed by atoms with E-state index >= 15 is 0 Å². The number of piperidine rings is 3. The van der Waals surface area contributed by atoms with Crippen molar-refractivity contribution in [1.29, 1.82) is 0 Å². The van der Waals surface area contributed by atoms with Gasteiger partial charge < -0.3 is 10.6 Å². The first-order chi connectivity index (χ1) is 11.1. The summed E-state index contributed by atoms with van der Waals surface area (Å²) in [4.78, 5) is 14.8. The summed E-state index contributed by atoms with van der Waals surface area (Å²) in [7, 11) is 1.91. The SMILES string of the molecule is CNCc1cn(C[C@H]2C[C@H]3CCN2C[C@@H]3C(=O)NC(C)C)nn1. The highest BCUT2D eigenvalue weighted by Gasteiger charge is 2.43. The zero-order chi connectivity index (χ0) is 16.4. The summed E-state index contributed by atoms with van der Waals surface area (Å²) >= 11 is 0. The Balaban J connectivity index is 1.59. The minimum atomic E-state index is 0.151. The Labute approximate surface area is 137 Å². The second kappa shape index (κ2) is 6.97. The molecule has 7 nitrogen and oxygen atoms in total. The standard InChI is InChI=1S/C16H28N6O/c1-11(2)18-16(23)15-10-21-5-4-12(15)6-14(21)9-22-8-13(7-17-3)19-20-22/h8,11-12,14-15,17H,4-7,9-10H2,1-3H3,(H,18,23)/t12-,14-,15+/m1/s1. The molecule has 4 atom stereocenters. The van der Waals surface area contributed by atoms with E-state index in [0.29, 0.717) is 12.0 Å². The van der Waals surface area contributed by atoms with Crippen LogP contribution in [-0.2, 0) is 17.9 Å². The Kier molecular flexibility index (Phi) is 4.96. The van der Waals surface area contributed by atoms with Gasteiger partial charge in [-0.1, -0.05) is 5.21 Å². The molecule has 1 unspecified atom stereocenters. The molecular weight excluding hydrogens is 292 g/mol. The van der Waals surface area contributed by atoms with E-state index in [1.54, 1.807) is 0 Å². The number of hydrogen-bond donors (Lipinski definition) is 2. The summed E-state index contributed by atoms with van der Waals surface area (Å²) in [5.41, 5.74) is 0.970.